The van der Waals surface area contributed by atoms with Gasteiger partial charge in [0.15, 0.2) is 0 Å². The number of piperazine rings is 1. The van der Waals surface area contributed by atoms with E-state index in [1.54, 1.807) is 6.20 Å². The molecule has 0 unspecified atom stereocenters. The first-order valence-corrected chi connectivity index (χ1v) is 13.8. The number of likely N-dealkylation sites (N-methyl/N-ethyl adjacent to an activating group) is 1. The molecule has 0 saturated carbocycles. The SMILES string of the molecule is CN1CCN(c2nccc3[nH]c(-c4n[nH]c5cnc(-c6cncc(OCCN7CCCC7)c6)cc45)cc23)CC1. The number of fused-ring (bicyclic) bond motifs is 2. The summed E-state index contributed by atoms with van der Waals surface area (Å²) in [6.45, 7) is 7.96. The van der Waals surface area contributed by atoms with Crippen LogP contribution in [0.25, 0.3) is 44.5 Å². The minimum absolute atomic E-state index is 0.662. The van der Waals surface area contributed by atoms with Gasteiger partial charge in [0.1, 0.15) is 23.9 Å². The molecule has 0 amide bonds. The van der Waals surface area contributed by atoms with E-state index in [0.717, 1.165) is 88.7 Å². The molecule has 200 valence electrons. The normalized spacial score (nSPS) is 17.0. The van der Waals surface area contributed by atoms with E-state index in [1.165, 1.54) is 25.9 Å². The summed E-state index contributed by atoms with van der Waals surface area (Å²) in [7, 11) is 2.17. The molecule has 0 atom stereocenters. The van der Waals surface area contributed by atoms with Gasteiger partial charge < -0.3 is 19.5 Å². The van der Waals surface area contributed by atoms with Gasteiger partial charge in [-0.25, -0.2) is 4.98 Å². The standard InChI is InChI=1S/C29H33N9O/c1-36-8-10-38(11-9-36)29-23-16-26(33-24(23)4-5-31-29)28-22-15-25(32-19-27(22)34-35-28)20-14-21(18-30-17-20)39-13-12-37-6-2-3-7-37/h4-5,14-19,33H,2-3,6-13H2,1H3,(H,34,35). The second kappa shape index (κ2) is 10.3. The third kappa shape index (κ3) is 4.81. The molecule has 2 aliphatic heterocycles. The van der Waals surface area contributed by atoms with Gasteiger partial charge >= 0.3 is 0 Å². The molecule has 10 heteroatoms. The summed E-state index contributed by atoms with van der Waals surface area (Å²) in [5.74, 6) is 1.79. The summed E-state index contributed by atoms with van der Waals surface area (Å²) in [6.07, 6.45) is 9.89. The number of ether oxygens (including phenoxy) is 1. The molecule has 2 saturated heterocycles. The van der Waals surface area contributed by atoms with Gasteiger partial charge in [-0.3, -0.25) is 20.0 Å². The molecular weight excluding hydrogens is 490 g/mol. The maximum Gasteiger partial charge on any atom is 0.138 e. The molecule has 0 spiro atoms. The Morgan fingerprint density at radius 1 is 0.897 bits per heavy atom. The molecule has 5 aromatic rings. The van der Waals surface area contributed by atoms with E-state index in [2.05, 4.69) is 59.0 Å². The fourth-order valence-corrected chi connectivity index (χ4v) is 5.65. The van der Waals surface area contributed by atoms with Gasteiger partial charge in [-0.1, -0.05) is 0 Å². The number of rotatable bonds is 7. The quantitative estimate of drug-likeness (QED) is 0.332. The van der Waals surface area contributed by atoms with Crippen LogP contribution in [0, 0.1) is 0 Å². The van der Waals surface area contributed by atoms with E-state index in [1.807, 2.05) is 30.7 Å². The van der Waals surface area contributed by atoms with Gasteiger partial charge in [-0.15, -0.1) is 0 Å². The molecule has 2 fully saturated rings. The minimum atomic E-state index is 0.662. The predicted molar refractivity (Wildman–Crippen MR) is 153 cm³/mol. The molecule has 2 aliphatic rings. The van der Waals surface area contributed by atoms with Gasteiger partial charge in [0.25, 0.3) is 0 Å². The Balaban J connectivity index is 1.17. The maximum absolute atomic E-state index is 6.03. The Labute approximate surface area is 227 Å². The summed E-state index contributed by atoms with van der Waals surface area (Å²) < 4.78 is 6.03. The first kappa shape index (κ1) is 24.1. The molecule has 0 bridgehead atoms. The Morgan fingerprint density at radius 3 is 2.64 bits per heavy atom. The zero-order valence-corrected chi connectivity index (χ0v) is 22.2. The fraction of sp³-hybridized carbons (Fsp3) is 0.379. The highest BCUT2D eigenvalue weighted by Gasteiger charge is 2.20. The smallest absolute Gasteiger partial charge is 0.138 e. The number of pyridine rings is 3. The average molecular weight is 524 g/mol. The molecule has 7 heterocycles. The molecule has 7 rings (SSSR count). The maximum atomic E-state index is 6.03. The van der Waals surface area contributed by atoms with E-state index < -0.39 is 0 Å². The molecule has 0 radical (unpaired) electrons. The van der Waals surface area contributed by atoms with Crippen molar-refractivity contribution < 1.29 is 4.74 Å². The Morgan fingerprint density at radius 2 is 1.77 bits per heavy atom. The number of hydrogen-bond acceptors (Lipinski definition) is 8. The van der Waals surface area contributed by atoms with Crippen molar-refractivity contribution in [2.24, 2.45) is 0 Å². The van der Waals surface area contributed by atoms with Crippen LogP contribution in [0.1, 0.15) is 12.8 Å². The summed E-state index contributed by atoms with van der Waals surface area (Å²) in [6, 6.07) is 8.29. The summed E-state index contributed by atoms with van der Waals surface area (Å²) in [5, 5.41) is 9.93. The zero-order chi connectivity index (χ0) is 26.2. The second-order valence-corrected chi connectivity index (χ2v) is 10.6. The van der Waals surface area contributed by atoms with Gasteiger partial charge in [0.05, 0.1) is 34.8 Å². The first-order chi connectivity index (χ1) is 19.2. The Bertz CT molecular complexity index is 1600. The van der Waals surface area contributed by atoms with Crippen LogP contribution in [0.5, 0.6) is 5.75 Å². The van der Waals surface area contributed by atoms with Crippen LogP contribution < -0.4 is 9.64 Å². The summed E-state index contributed by atoms with van der Waals surface area (Å²) in [5.41, 5.74) is 5.51. The van der Waals surface area contributed by atoms with E-state index in [9.17, 15) is 0 Å². The number of hydrogen-bond donors (Lipinski definition) is 2. The van der Waals surface area contributed by atoms with Crippen molar-refractivity contribution in [3.8, 4) is 28.4 Å². The Kier molecular flexibility index (Phi) is 6.34. The van der Waals surface area contributed by atoms with E-state index in [4.69, 9.17) is 9.72 Å². The zero-order valence-electron chi connectivity index (χ0n) is 22.2. The number of nitrogens with one attached hydrogen (secondary N) is 2. The van der Waals surface area contributed by atoms with Crippen LogP contribution in [-0.4, -0.2) is 99.4 Å². The molecule has 5 aromatic heterocycles. The number of likely N-dealkylation sites (tertiary alicyclic amines) is 1. The number of nitrogens with zero attached hydrogens (tertiary/aromatic N) is 7. The fourth-order valence-electron chi connectivity index (χ4n) is 5.65. The van der Waals surface area contributed by atoms with Crippen LogP contribution in [0.2, 0.25) is 0 Å². The molecular formula is C29H33N9O. The lowest BCUT2D eigenvalue weighted by Crippen LogP contribution is -2.44. The van der Waals surface area contributed by atoms with Crippen molar-refractivity contribution in [3.05, 3.63) is 49.1 Å². The van der Waals surface area contributed by atoms with Crippen molar-refractivity contribution >= 4 is 27.6 Å². The minimum Gasteiger partial charge on any atom is -0.491 e. The molecule has 39 heavy (non-hydrogen) atoms. The van der Waals surface area contributed by atoms with Crippen LogP contribution in [0.4, 0.5) is 5.82 Å². The summed E-state index contributed by atoms with van der Waals surface area (Å²) in [4.78, 5) is 24.6. The number of anilines is 1. The van der Waals surface area contributed by atoms with Crippen molar-refractivity contribution in [2.45, 2.75) is 12.8 Å². The monoisotopic (exact) mass is 523 g/mol. The van der Waals surface area contributed by atoms with Crippen molar-refractivity contribution in [2.75, 3.05) is 64.4 Å². The van der Waals surface area contributed by atoms with Crippen LogP contribution >= 0.6 is 0 Å². The van der Waals surface area contributed by atoms with Crippen molar-refractivity contribution in [1.29, 1.82) is 0 Å². The second-order valence-electron chi connectivity index (χ2n) is 10.6. The van der Waals surface area contributed by atoms with Gasteiger partial charge in [-0.05, 0) is 57.2 Å². The third-order valence-electron chi connectivity index (χ3n) is 7.92. The largest absolute Gasteiger partial charge is 0.491 e. The van der Waals surface area contributed by atoms with Gasteiger partial charge in [-0.2, -0.15) is 5.10 Å². The first-order valence-electron chi connectivity index (χ1n) is 13.8. The number of H-pyrrole nitrogens is 2. The number of aromatic nitrogens is 6. The molecule has 0 aromatic carbocycles. The van der Waals surface area contributed by atoms with Crippen LogP contribution in [0.15, 0.2) is 49.1 Å². The average Bonchev–Trinajstić information content (AvgIpc) is 3.73. The number of aromatic amines is 2. The topological polar surface area (TPSA) is 102 Å². The molecule has 0 aliphatic carbocycles. The van der Waals surface area contributed by atoms with Crippen molar-refractivity contribution in [1.82, 2.24) is 39.9 Å². The van der Waals surface area contributed by atoms with Gasteiger partial charge in [0, 0.05) is 61.5 Å². The van der Waals surface area contributed by atoms with Crippen LogP contribution in [0.3, 0.4) is 0 Å². The van der Waals surface area contributed by atoms with Gasteiger partial charge in [0.2, 0.25) is 0 Å². The highest BCUT2D eigenvalue weighted by atomic mass is 16.5. The summed E-state index contributed by atoms with van der Waals surface area (Å²) >= 11 is 0. The predicted octanol–water partition coefficient (Wildman–Crippen LogP) is 3.79. The molecule has 2 N–H and O–H groups in total. The highest BCUT2D eigenvalue weighted by Crippen LogP contribution is 2.34. The molecule has 10 nitrogen and oxygen atoms in total. The highest BCUT2D eigenvalue weighted by molar-refractivity contribution is 5.99. The lowest BCUT2D eigenvalue weighted by atomic mass is 10.1. The lowest BCUT2D eigenvalue weighted by Gasteiger charge is -2.33. The van der Waals surface area contributed by atoms with Crippen LogP contribution in [-0.2, 0) is 0 Å². The van der Waals surface area contributed by atoms with E-state index >= 15 is 0 Å². The van der Waals surface area contributed by atoms with Crippen molar-refractivity contribution in [3.63, 3.8) is 0 Å². The Hall–Kier alpha value is -4.02. The third-order valence-corrected chi connectivity index (χ3v) is 7.92. The van der Waals surface area contributed by atoms with E-state index in [0.29, 0.717) is 6.61 Å². The van der Waals surface area contributed by atoms with E-state index in [-0.39, 0.29) is 0 Å². The lowest BCUT2D eigenvalue weighted by molar-refractivity contribution is 0.237.